The third-order valence-electron chi connectivity index (χ3n) is 3.97. The number of unbranched alkanes of at least 4 members (excludes halogenated alkanes) is 1. The zero-order valence-electron chi connectivity index (χ0n) is 13.3. The van der Waals surface area contributed by atoms with Crippen LogP contribution in [0.25, 0.3) is 0 Å². The van der Waals surface area contributed by atoms with Gasteiger partial charge in [-0.1, -0.05) is 24.3 Å². The fourth-order valence-electron chi connectivity index (χ4n) is 2.53. The molecule has 1 heterocycles. The molecule has 0 amide bonds. The standard InChI is InChI=1S/C18H25NO3/c1-2-22-18(21)7-4-3-6-17(20)16-10-8-15(9-11-16)14-19-12-5-13-19/h8-11H,2-7,12-14H2,1H3. The first-order valence-electron chi connectivity index (χ1n) is 8.19. The van der Waals surface area contributed by atoms with Crippen LogP contribution in [-0.4, -0.2) is 36.3 Å². The Hall–Kier alpha value is -1.68. The predicted molar refractivity (Wildman–Crippen MR) is 85.8 cm³/mol. The van der Waals surface area contributed by atoms with Crippen LogP contribution in [0.2, 0.25) is 0 Å². The van der Waals surface area contributed by atoms with Gasteiger partial charge in [-0.05, 0) is 44.8 Å². The molecule has 0 aromatic heterocycles. The van der Waals surface area contributed by atoms with Gasteiger partial charge in [0.1, 0.15) is 0 Å². The molecule has 1 aromatic carbocycles. The molecule has 120 valence electrons. The summed E-state index contributed by atoms with van der Waals surface area (Å²) in [6.45, 7) is 5.56. The molecule has 0 unspecified atom stereocenters. The summed E-state index contributed by atoms with van der Waals surface area (Å²) in [5.41, 5.74) is 2.03. The predicted octanol–water partition coefficient (Wildman–Crippen LogP) is 3.20. The number of carbonyl (C=O) groups is 2. The summed E-state index contributed by atoms with van der Waals surface area (Å²) in [7, 11) is 0. The van der Waals surface area contributed by atoms with E-state index >= 15 is 0 Å². The average Bonchev–Trinajstić information content (AvgIpc) is 2.48. The second-order valence-electron chi connectivity index (χ2n) is 5.76. The number of ether oxygens (including phenoxy) is 1. The van der Waals surface area contributed by atoms with Gasteiger partial charge in [0.25, 0.3) is 0 Å². The second-order valence-corrected chi connectivity index (χ2v) is 5.76. The normalized spacial score (nSPS) is 14.4. The summed E-state index contributed by atoms with van der Waals surface area (Å²) in [4.78, 5) is 25.7. The van der Waals surface area contributed by atoms with Crippen LogP contribution >= 0.6 is 0 Å². The first-order valence-corrected chi connectivity index (χ1v) is 8.19. The lowest BCUT2D eigenvalue weighted by atomic mass is 10.0. The summed E-state index contributed by atoms with van der Waals surface area (Å²) in [5, 5.41) is 0. The van der Waals surface area contributed by atoms with Gasteiger partial charge in [0.2, 0.25) is 0 Å². The van der Waals surface area contributed by atoms with E-state index in [1.54, 1.807) is 6.92 Å². The van der Waals surface area contributed by atoms with Crippen molar-refractivity contribution >= 4 is 11.8 Å². The van der Waals surface area contributed by atoms with Gasteiger partial charge in [-0.15, -0.1) is 0 Å². The van der Waals surface area contributed by atoms with Gasteiger partial charge in [-0.2, -0.15) is 0 Å². The quantitative estimate of drug-likeness (QED) is 0.399. The van der Waals surface area contributed by atoms with E-state index in [4.69, 9.17) is 4.74 Å². The highest BCUT2D eigenvalue weighted by Crippen LogP contribution is 2.14. The Balaban J connectivity index is 1.69. The number of Topliss-reactive ketones (excluding diaryl/α,β-unsaturated/α-hetero) is 1. The number of ketones is 1. The first kappa shape index (κ1) is 16.7. The van der Waals surface area contributed by atoms with Crippen molar-refractivity contribution in [2.24, 2.45) is 0 Å². The highest BCUT2D eigenvalue weighted by Gasteiger charge is 2.14. The molecule has 0 saturated carbocycles. The van der Waals surface area contributed by atoms with E-state index in [1.807, 2.05) is 24.3 Å². The number of esters is 1. The van der Waals surface area contributed by atoms with Crippen LogP contribution < -0.4 is 0 Å². The Labute approximate surface area is 132 Å². The molecule has 22 heavy (non-hydrogen) atoms. The third-order valence-corrected chi connectivity index (χ3v) is 3.97. The van der Waals surface area contributed by atoms with Crippen molar-refractivity contribution in [1.29, 1.82) is 0 Å². The van der Waals surface area contributed by atoms with E-state index < -0.39 is 0 Å². The van der Waals surface area contributed by atoms with Gasteiger partial charge in [-0.25, -0.2) is 0 Å². The van der Waals surface area contributed by atoms with Crippen molar-refractivity contribution < 1.29 is 14.3 Å². The SMILES string of the molecule is CCOC(=O)CCCCC(=O)c1ccc(CN2CCC2)cc1. The van der Waals surface area contributed by atoms with Gasteiger partial charge in [0.05, 0.1) is 6.61 Å². The van der Waals surface area contributed by atoms with Gasteiger partial charge < -0.3 is 4.74 Å². The molecule has 2 rings (SSSR count). The molecule has 0 atom stereocenters. The lowest BCUT2D eigenvalue weighted by molar-refractivity contribution is -0.143. The fourth-order valence-corrected chi connectivity index (χ4v) is 2.53. The molecular formula is C18H25NO3. The maximum absolute atomic E-state index is 12.1. The topological polar surface area (TPSA) is 46.6 Å². The number of likely N-dealkylation sites (tertiary alicyclic amines) is 1. The van der Waals surface area contributed by atoms with Crippen LogP contribution in [0, 0.1) is 0 Å². The molecule has 1 aliphatic heterocycles. The average molecular weight is 303 g/mol. The van der Waals surface area contributed by atoms with Gasteiger partial charge in [0.15, 0.2) is 5.78 Å². The highest BCUT2D eigenvalue weighted by atomic mass is 16.5. The minimum Gasteiger partial charge on any atom is -0.466 e. The number of rotatable bonds is 9. The Bertz CT molecular complexity index is 492. The van der Waals surface area contributed by atoms with Gasteiger partial charge in [-0.3, -0.25) is 14.5 Å². The van der Waals surface area contributed by atoms with Crippen LogP contribution in [-0.2, 0) is 16.1 Å². The number of hydrogen-bond acceptors (Lipinski definition) is 4. The van der Waals surface area contributed by atoms with Crippen molar-refractivity contribution in [3.05, 3.63) is 35.4 Å². The Morgan fingerprint density at radius 2 is 1.77 bits per heavy atom. The maximum atomic E-state index is 12.1. The van der Waals surface area contributed by atoms with E-state index in [2.05, 4.69) is 4.90 Å². The van der Waals surface area contributed by atoms with Crippen molar-refractivity contribution in [3.63, 3.8) is 0 Å². The van der Waals surface area contributed by atoms with E-state index in [0.717, 1.165) is 18.5 Å². The molecule has 0 aliphatic carbocycles. The van der Waals surface area contributed by atoms with Crippen molar-refractivity contribution in [2.45, 2.75) is 45.6 Å². The molecule has 0 spiro atoms. The van der Waals surface area contributed by atoms with Crippen LogP contribution in [0.3, 0.4) is 0 Å². The van der Waals surface area contributed by atoms with Crippen LogP contribution in [0.5, 0.6) is 0 Å². The van der Waals surface area contributed by atoms with Gasteiger partial charge >= 0.3 is 5.97 Å². The van der Waals surface area contributed by atoms with Crippen LogP contribution in [0.1, 0.15) is 54.9 Å². The molecule has 0 radical (unpaired) electrons. The Kier molecular flexibility index (Phi) is 6.59. The third kappa shape index (κ3) is 5.26. The highest BCUT2D eigenvalue weighted by molar-refractivity contribution is 5.96. The summed E-state index contributed by atoms with van der Waals surface area (Å²) in [5.74, 6) is -0.0235. The smallest absolute Gasteiger partial charge is 0.305 e. The summed E-state index contributed by atoms with van der Waals surface area (Å²) >= 11 is 0. The molecule has 4 nitrogen and oxygen atoms in total. The molecule has 1 aliphatic rings. The first-order chi connectivity index (χ1) is 10.7. The van der Waals surface area contributed by atoms with Crippen LogP contribution in [0.4, 0.5) is 0 Å². The Morgan fingerprint density at radius 1 is 1.09 bits per heavy atom. The minimum atomic E-state index is -0.176. The second kappa shape index (κ2) is 8.69. The number of nitrogens with zero attached hydrogens (tertiary/aromatic N) is 1. The van der Waals surface area contributed by atoms with Crippen LogP contribution in [0.15, 0.2) is 24.3 Å². The molecule has 1 fully saturated rings. The lowest BCUT2D eigenvalue weighted by Crippen LogP contribution is -2.36. The van der Waals surface area contributed by atoms with Crippen molar-refractivity contribution in [3.8, 4) is 0 Å². The van der Waals surface area contributed by atoms with E-state index in [1.165, 1.54) is 25.1 Å². The lowest BCUT2D eigenvalue weighted by Gasteiger charge is -2.30. The molecule has 0 N–H and O–H groups in total. The van der Waals surface area contributed by atoms with E-state index in [0.29, 0.717) is 25.9 Å². The molecule has 0 bridgehead atoms. The Morgan fingerprint density at radius 3 is 2.36 bits per heavy atom. The van der Waals surface area contributed by atoms with Gasteiger partial charge in [0, 0.05) is 24.9 Å². The minimum absolute atomic E-state index is 0.152. The largest absolute Gasteiger partial charge is 0.466 e. The number of carbonyl (C=O) groups excluding carboxylic acids is 2. The molecular weight excluding hydrogens is 278 g/mol. The molecule has 4 heteroatoms. The number of hydrogen-bond donors (Lipinski definition) is 0. The monoisotopic (exact) mass is 303 g/mol. The molecule has 1 saturated heterocycles. The number of benzene rings is 1. The maximum Gasteiger partial charge on any atom is 0.305 e. The fraction of sp³-hybridized carbons (Fsp3) is 0.556. The van der Waals surface area contributed by atoms with E-state index in [9.17, 15) is 9.59 Å². The summed E-state index contributed by atoms with van der Waals surface area (Å²) < 4.78 is 4.86. The summed E-state index contributed by atoms with van der Waals surface area (Å²) in [6, 6.07) is 7.93. The van der Waals surface area contributed by atoms with E-state index in [-0.39, 0.29) is 11.8 Å². The van der Waals surface area contributed by atoms with Crippen molar-refractivity contribution in [2.75, 3.05) is 19.7 Å². The zero-order valence-corrected chi connectivity index (χ0v) is 13.3. The summed E-state index contributed by atoms with van der Waals surface area (Å²) in [6.07, 6.45) is 3.62. The molecule has 1 aromatic rings. The zero-order chi connectivity index (χ0) is 15.8. The van der Waals surface area contributed by atoms with Crippen molar-refractivity contribution in [1.82, 2.24) is 4.90 Å².